The Morgan fingerprint density at radius 3 is 2.63 bits per heavy atom. The largest absolute Gasteiger partial charge is 0.435 e. The Bertz CT molecular complexity index is 1200. The molecule has 2 aliphatic heterocycles. The molecule has 2 aromatic carbocycles. The molecule has 2 atom stereocenters. The third kappa shape index (κ3) is 4.57. The molecule has 4 rings (SSSR count). The van der Waals surface area contributed by atoms with Crippen molar-refractivity contribution in [3.63, 3.8) is 0 Å². The van der Waals surface area contributed by atoms with Gasteiger partial charge in [-0.2, -0.15) is 13.2 Å². The van der Waals surface area contributed by atoms with Gasteiger partial charge in [0.05, 0.1) is 5.71 Å². The fourth-order valence-electron chi connectivity index (χ4n) is 4.00. The van der Waals surface area contributed by atoms with E-state index in [0.717, 1.165) is 17.2 Å². The predicted octanol–water partition coefficient (Wildman–Crippen LogP) is 4.26. The molecular formula is C23H20ClF4N3O4. The molecule has 186 valence electrons. The number of nitrogens with one attached hydrogen (secondary N) is 1. The number of oxime groups is 1. The van der Waals surface area contributed by atoms with Gasteiger partial charge in [0, 0.05) is 29.1 Å². The summed E-state index contributed by atoms with van der Waals surface area (Å²) in [5.41, 5.74) is -2.48. The Morgan fingerprint density at radius 2 is 2.03 bits per heavy atom. The van der Waals surface area contributed by atoms with Crippen LogP contribution in [0.25, 0.3) is 0 Å². The molecule has 0 saturated carbocycles. The first-order chi connectivity index (χ1) is 16.4. The van der Waals surface area contributed by atoms with Crippen molar-refractivity contribution >= 4 is 29.1 Å². The van der Waals surface area contributed by atoms with Gasteiger partial charge in [0.25, 0.3) is 17.4 Å². The zero-order chi connectivity index (χ0) is 25.5. The third-order valence-electron chi connectivity index (χ3n) is 5.85. The Morgan fingerprint density at radius 1 is 1.29 bits per heavy atom. The first-order valence-electron chi connectivity index (χ1n) is 10.6. The number of alkyl halides is 3. The number of hydrogen-bond acceptors (Lipinski definition) is 5. The number of amides is 2. The van der Waals surface area contributed by atoms with E-state index < -0.39 is 41.5 Å². The minimum Gasteiger partial charge on any atom is -0.374 e. The van der Waals surface area contributed by atoms with Crippen LogP contribution in [0.3, 0.4) is 0 Å². The second-order valence-corrected chi connectivity index (χ2v) is 8.61. The smallest absolute Gasteiger partial charge is 0.374 e. The monoisotopic (exact) mass is 513 g/mol. The molecule has 0 aliphatic carbocycles. The SMILES string of the molecule is CCN1OCC(NC(=O)c2ccc(C3=NOC(c4cc(F)cc(Cl)c4)(C(F)(F)F)C3)cc2C)C1=O. The summed E-state index contributed by atoms with van der Waals surface area (Å²) >= 11 is 5.78. The number of carbonyl (C=O) groups excluding carboxylic acids is 2. The Balaban J connectivity index is 1.56. The van der Waals surface area contributed by atoms with Gasteiger partial charge in [-0.1, -0.05) is 22.8 Å². The summed E-state index contributed by atoms with van der Waals surface area (Å²) in [6.07, 6.45) is -5.64. The van der Waals surface area contributed by atoms with Gasteiger partial charge in [0.15, 0.2) is 0 Å². The summed E-state index contributed by atoms with van der Waals surface area (Å²) < 4.78 is 56.2. The van der Waals surface area contributed by atoms with E-state index in [4.69, 9.17) is 21.3 Å². The van der Waals surface area contributed by atoms with E-state index in [9.17, 15) is 27.2 Å². The van der Waals surface area contributed by atoms with Crippen molar-refractivity contribution in [2.45, 2.75) is 38.1 Å². The van der Waals surface area contributed by atoms with Crippen LogP contribution in [0.4, 0.5) is 17.6 Å². The van der Waals surface area contributed by atoms with Crippen molar-refractivity contribution in [3.8, 4) is 0 Å². The van der Waals surface area contributed by atoms with Gasteiger partial charge in [-0.15, -0.1) is 0 Å². The Labute approximate surface area is 202 Å². The molecule has 35 heavy (non-hydrogen) atoms. The van der Waals surface area contributed by atoms with Crippen molar-refractivity contribution in [1.29, 1.82) is 0 Å². The lowest BCUT2D eigenvalue weighted by Gasteiger charge is -2.29. The van der Waals surface area contributed by atoms with E-state index in [1.165, 1.54) is 18.2 Å². The van der Waals surface area contributed by atoms with Crippen molar-refractivity contribution in [2.24, 2.45) is 5.16 Å². The minimum absolute atomic E-state index is 0.00725. The Kier molecular flexibility index (Phi) is 6.50. The highest BCUT2D eigenvalue weighted by Crippen LogP contribution is 2.49. The quantitative estimate of drug-likeness (QED) is 0.606. The molecule has 2 amide bonds. The summed E-state index contributed by atoms with van der Waals surface area (Å²) in [6, 6.07) is 6.11. The van der Waals surface area contributed by atoms with E-state index in [1.807, 2.05) is 0 Å². The van der Waals surface area contributed by atoms with Gasteiger partial charge < -0.3 is 10.2 Å². The van der Waals surface area contributed by atoms with Crippen LogP contribution >= 0.6 is 11.6 Å². The van der Waals surface area contributed by atoms with Gasteiger partial charge in [-0.3, -0.25) is 14.4 Å². The normalized spacial score (nSPS) is 22.3. The molecule has 2 heterocycles. The molecule has 0 aromatic heterocycles. The van der Waals surface area contributed by atoms with Gasteiger partial charge >= 0.3 is 6.18 Å². The summed E-state index contributed by atoms with van der Waals surface area (Å²) in [4.78, 5) is 34.9. The highest BCUT2D eigenvalue weighted by Gasteiger charge is 2.62. The predicted molar refractivity (Wildman–Crippen MR) is 117 cm³/mol. The maximum atomic E-state index is 14.1. The molecule has 1 saturated heterocycles. The number of halogens is 5. The lowest BCUT2D eigenvalue weighted by Crippen LogP contribution is -2.43. The molecular weight excluding hydrogens is 494 g/mol. The van der Waals surface area contributed by atoms with Crippen molar-refractivity contribution < 1.29 is 36.8 Å². The summed E-state index contributed by atoms with van der Waals surface area (Å²) in [7, 11) is 0. The highest BCUT2D eigenvalue weighted by molar-refractivity contribution is 6.30. The molecule has 2 aromatic rings. The first-order valence-corrected chi connectivity index (χ1v) is 11.0. The summed E-state index contributed by atoms with van der Waals surface area (Å²) in [6.45, 7) is 3.68. The number of likely N-dealkylation sites (N-methyl/N-ethyl adjacent to an activating group) is 1. The second kappa shape index (κ2) is 9.12. The number of carbonyl (C=O) groups is 2. The van der Waals surface area contributed by atoms with Crippen LogP contribution in [-0.2, 0) is 20.1 Å². The number of benzene rings is 2. The molecule has 7 nitrogen and oxygen atoms in total. The van der Waals surface area contributed by atoms with E-state index in [0.29, 0.717) is 23.7 Å². The average Bonchev–Trinajstić information content (AvgIpc) is 3.38. The van der Waals surface area contributed by atoms with E-state index in [2.05, 4.69) is 10.5 Å². The van der Waals surface area contributed by atoms with E-state index in [-0.39, 0.29) is 28.8 Å². The maximum absolute atomic E-state index is 14.1. The lowest BCUT2D eigenvalue weighted by atomic mass is 9.86. The number of hydrogen-bond donors (Lipinski definition) is 1. The molecule has 12 heteroatoms. The van der Waals surface area contributed by atoms with Crippen LogP contribution in [0.5, 0.6) is 0 Å². The minimum atomic E-state index is -4.92. The van der Waals surface area contributed by atoms with Gasteiger partial charge in [0.1, 0.15) is 18.5 Å². The van der Waals surface area contributed by atoms with Crippen molar-refractivity contribution in [3.05, 3.63) is 69.5 Å². The summed E-state index contributed by atoms with van der Waals surface area (Å²) in [5, 5.41) is 7.19. The molecule has 1 N–H and O–H groups in total. The fourth-order valence-corrected chi connectivity index (χ4v) is 4.23. The number of hydroxylamine groups is 2. The zero-order valence-electron chi connectivity index (χ0n) is 18.6. The molecule has 1 fully saturated rings. The van der Waals surface area contributed by atoms with Crippen LogP contribution in [0.1, 0.15) is 40.4 Å². The van der Waals surface area contributed by atoms with Gasteiger partial charge in [-0.05, 0) is 55.3 Å². The zero-order valence-corrected chi connectivity index (χ0v) is 19.3. The average molecular weight is 514 g/mol. The fraction of sp³-hybridized carbons (Fsp3) is 0.348. The molecule has 2 unspecified atom stereocenters. The summed E-state index contributed by atoms with van der Waals surface area (Å²) in [5.74, 6) is -1.83. The molecule has 2 aliphatic rings. The highest BCUT2D eigenvalue weighted by atomic mass is 35.5. The van der Waals surface area contributed by atoms with Crippen molar-refractivity contribution in [1.82, 2.24) is 10.4 Å². The van der Waals surface area contributed by atoms with Crippen LogP contribution in [0.2, 0.25) is 5.02 Å². The van der Waals surface area contributed by atoms with Crippen LogP contribution in [0.15, 0.2) is 41.6 Å². The first kappa shape index (κ1) is 24.9. The topological polar surface area (TPSA) is 80.2 Å². The molecule has 0 spiro atoms. The molecule has 0 radical (unpaired) electrons. The van der Waals surface area contributed by atoms with Gasteiger partial charge in [-0.25, -0.2) is 9.45 Å². The van der Waals surface area contributed by atoms with Crippen molar-refractivity contribution in [2.75, 3.05) is 13.2 Å². The van der Waals surface area contributed by atoms with E-state index in [1.54, 1.807) is 13.8 Å². The van der Waals surface area contributed by atoms with E-state index >= 15 is 0 Å². The molecule has 0 bridgehead atoms. The number of aryl methyl sites for hydroxylation is 1. The number of nitrogens with zero attached hydrogens (tertiary/aromatic N) is 2. The van der Waals surface area contributed by atoms with Crippen LogP contribution in [0, 0.1) is 12.7 Å². The Hall–Kier alpha value is -3.18. The lowest BCUT2D eigenvalue weighted by molar-refractivity contribution is -0.275. The standard InChI is InChI=1S/C23H20ClF4N3O4/c1-3-31-21(33)19(11-34-31)29-20(32)17-5-4-13(6-12(17)2)18-10-22(35-30-18,23(26,27)28)14-7-15(24)9-16(25)8-14/h4-9,19H,3,10-11H2,1-2H3,(H,29,32). The van der Waals surface area contributed by atoms with Crippen LogP contribution in [-0.4, -0.2) is 48.0 Å². The second-order valence-electron chi connectivity index (χ2n) is 8.17. The van der Waals surface area contributed by atoms with Gasteiger partial charge in [0.2, 0.25) is 0 Å². The number of rotatable bonds is 5. The maximum Gasteiger partial charge on any atom is 0.435 e. The third-order valence-corrected chi connectivity index (χ3v) is 6.07. The van der Waals surface area contributed by atoms with Crippen LogP contribution < -0.4 is 5.32 Å².